The lowest BCUT2D eigenvalue weighted by molar-refractivity contribution is -0.122. The Hall–Kier alpha value is -5.12. The summed E-state index contributed by atoms with van der Waals surface area (Å²) in [7, 11) is 0. The first kappa shape index (κ1) is 28.4. The number of hydrogen-bond donors (Lipinski definition) is 2. The number of amides is 6. The smallest absolute Gasteiger partial charge is 0.261 e. The highest BCUT2D eigenvalue weighted by Gasteiger charge is 2.35. The fraction of sp³-hybridized carbons (Fsp3) is 0.250. The van der Waals surface area contributed by atoms with Crippen LogP contribution in [0.15, 0.2) is 72.8 Å². The molecule has 6 amide bonds. The Balaban J connectivity index is 0.995. The van der Waals surface area contributed by atoms with E-state index in [2.05, 4.69) is 10.6 Å². The summed E-state index contributed by atoms with van der Waals surface area (Å²) in [5.74, 6) is -1.71. The Morgan fingerprint density at radius 2 is 0.881 bits per heavy atom. The minimum absolute atomic E-state index is 0.171. The Labute approximate surface area is 242 Å². The minimum Gasteiger partial charge on any atom is -0.352 e. The first-order valence-electron chi connectivity index (χ1n) is 13.8. The Kier molecular flexibility index (Phi) is 8.52. The van der Waals surface area contributed by atoms with Crippen molar-refractivity contribution < 1.29 is 28.8 Å². The van der Waals surface area contributed by atoms with Gasteiger partial charge in [-0.1, -0.05) is 48.5 Å². The largest absolute Gasteiger partial charge is 0.352 e. The fourth-order valence-corrected chi connectivity index (χ4v) is 5.11. The van der Waals surface area contributed by atoms with Crippen molar-refractivity contribution in [2.75, 3.05) is 13.1 Å². The van der Waals surface area contributed by atoms with Crippen molar-refractivity contribution in [3.05, 3.63) is 106 Å². The van der Waals surface area contributed by atoms with E-state index in [1.54, 1.807) is 48.5 Å². The van der Waals surface area contributed by atoms with Crippen molar-refractivity contribution in [3.63, 3.8) is 0 Å². The standard InChI is InChI=1S/C32H30N4O6/c37-27(14-6-16-35-29(39)23-10-1-2-11-24(23)30(35)40)33-19-21-8-5-9-22(18-21)20-34-28(38)15-7-17-36-31(41)25-12-3-4-13-26(25)32(36)42/h1-5,8-13,18H,6-7,14-17,19-20H2,(H,33,37)(H,34,38). The lowest BCUT2D eigenvalue weighted by Crippen LogP contribution is -2.32. The summed E-state index contributed by atoms with van der Waals surface area (Å²) in [5.41, 5.74) is 3.30. The second-order valence-electron chi connectivity index (χ2n) is 10.2. The van der Waals surface area contributed by atoms with E-state index < -0.39 is 0 Å². The zero-order valence-corrected chi connectivity index (χ0v) is 22.9. The van der Waals surface area contributed by atoms with Crippen molar-refractivity contribution >= 4 is 35.4 Å². The van der Waals surface area contributed by atoms with Crippen LogP contribution < -0.4 is 10.6 Å². The molecule has 0 atom stereocenters. The molecule has 42 heavy (non-hydrogen) atoms. The molecule has 0 aliphatic carbocycles. The maximum atomic E-state index is 12.4. The zero-order valence-electron chi connectivity index (χ0n) is 22.9. The van der Waals surface area contributed by atoms with Gasteiger partial charge in [-0.25, -0.2) is 0 Å². The molecule has 0 unspecified atom stereocenters. The number of hydrogen-bond acceptors (Lipinski definition) is 6. The van der Waals surface area contributed by atoms with Crippen LogP contribution in [0.25, 0.3) is 0 Å². The molecule has 0 aromatic heterocycles. The van der Waals surface area contributed by atoms with Gasteiger partial charge in [0.2, 0.25) is 11.8 Å². The van der Waals surface area contributed by atoms with E-state index in [9.17, 15) is 28.8 Å². The van der Waals surface area contributed by atoms with E-state index in [4.69, 9.17) is 0 Å². The molecule has 0 bridgehead atoms. The van der Waals surface area contributed by atoms with Crippen molar-refractivity contribution in [1.29, 1.82) is 0 Å². The van der Waals surface area contributed by atoms with Gasteiger partial charge in [-0.2, -0.15) is 0 Å². The van der Waals surface area contributed by atoms with Crippen molar-refractivity contribution in [2.45, 2.75) is 38.8 Å². The normalized spacial score (nSPS) is 13.8. The number of fused-ring (bicyclic) bond motifs is 2. The molecule has 5 rings (SSSR count). The van der Waals surface area contributed by atoms with Gasteiger partial charge in [0.05, 0.1) is 22.3 Å². The number of benzene rings is 3. The maximum absolute atomic E-state index is 12.4. The highest BCUT2D eigenvalue weighted by Crippen LogP contribution is 2.23. The third-order valence-electron chi connectivity index (χ3n) is 7.30. The van der Waals surface area contributed by atoms with Crippen molar-refractivity contribution in [3.8, 4) is 0 Å². The van der Waals surface area contributed by atoms with E-state index in [0.29, 0.717) is 48.2 Å². The van der Waals surface area contributed by atoms with E-state index in [1.165, 1.54) is 9.80 Å². The van der Waals surface area contributed by atoms with E-state index >= 15 is 0 Å². The third-order valence-corrected chi connectivity index (χ3v) is 7.30. The maximum Gasteiger partial charge on any atom is 0.261 e. The molecule has 0 saturated heterocycles. The van der Waals surface area contributed by atoms with Gasteiger partial charge in [0.25, 0.3) is 23.6 Å². The molecule has 10 heteroatoms. The molecule has 0 saturated carbocycles. The van der Waals surface area contributed by atoms with Crippen molar-refractivity contribution in [2.24, 2.45) is 0 Å². The Morgan fingerprint density at radius 3 is 1.24 bits per heavy atom. The monoisotopic (exact) mass is 566 g/mol. The first-order valence-corrected chi connectivity index (χ1v) is 13.8. The number of carbonyl (C=O) groups excluding carboxylic acids is 6. The molecule has 214 valence electrons. The molecule has 0 radical (unpaired) electrons. The molecule has 0 spiro atoms. The zero-order chi connectivity index (χ0) is 29.6. The lowest BCUT2D eigenvalue weighted by Gasteiger charge is -2.14. The van der Waals surface area contributed by atoms with Crippen LogP contribution in [-0.2, 0) is 22.7 Å². The van der Waals surface area contributed by atoms with Gasteiger partial charge < -0.3 is 10.6 Å². The molecule has 10 nitrogen and oxygen atoms in total. The van der Waals surface area contributed by atoms with Crippen LogP contribution in [-0.4, -0.2) is 58.3 Å². The molecule has 3 aromatic carbocycles. The molecule has 2 aliphatic heterocycles. The minimum atomic E-state index is -0.331. The average molecular weight is 567 g/mol. The summed E-state index contributed by atoms with van der Waals surface area (Å²) in [6.45, 7) is 0.947. The number of rotatable bonds is 12. The second-order valence-corrected chi connectivity index (χ2v) is 10.2. The molecular weight excluding hydrogens is 536 g/mol. The predicted molar refractivity (Wildman–Crippen MR) is 152 cm³/mol. The van der Waals surface area contributed by atoms with Crippen LogP contribution >= 0.6 is 0 Å². The summed E-state index contributed by atoms with van der Waals surface area (Å²) >= 11 is 0. The molecule has 2 heterocycles. The van der Waals surface area contributed by atoms with E-state index in [-0.39, 0.29) is 61.4 Å². The van der Waals surface area contributed by atoms with Gasteiger partial charge in [0, 0.05) is 39.0 Å². The predicted octanol–water partition coefficient (Wildman–Crippen LogP) is 3.07. The van der Waals surface area contributed by atoms with Crippen LogP contribution in [0.3, 0.4) is 0 Å². The van der Waals surface area contributed by atoms with Crippen molar-refractivity contribution in [1.82, 2.24) is 20.4 Å². The van der Waals surface area contributed by atoms with Crippen LogP contribution in [0.4, 0.5) is 0 Å². The highest BCUT2D eigenvalue weighted by molar-refractivity contribution is 6.22. The van der Waals surface area contributed by atoms with E-state index in [1.807, 2.05) is 24.3 Å². The summed E-state index contributed by atoms with van der Waals surface area (Å²) in [5, 5.41) is 5.70. The molecule has 3 aromatic rings. The van der Waals surface area contributed by atoms with Gasteiger partial charge in [-0.15, -0.1) is 0 Å². The van der Waals surface area contributed by atoms with E-state index in [0.717, 1.165) is 11.1 Å². The Bertz CT molecular complexity index is 1400. The molecule has 2 N–H and O–H groups in total. The van der Waals surface area contributed by atoms with Gasteiger partial charge in [0.1, 0.15) is 0 Å². The lowest BCUT2D eigenvalue weighted by atomic mass is 10.1. The van der Waals surface area contributed by atoms with Crippen LogP contribution in [0.5, 0.6) is 0 Å². The average Bonchev–Trinajstić information content (AvgIpc) is 3.40. The van der Waals surface area contributed by atoms with Crippen LogP contribution in [0.2, 0.25) is 0 Å². The molecule has 0 fully saturated rings. The molecular formula is C32H30N4O6. The highest BCUT2D eigenvalue weighted by atomic mass is 16.2. The number of nitrogens with one attached hydrogen (secondary N) is 2. The molecule has 2 aliphatic rings. The quantitative estimate of drug-likeness (QED) is 0.324. The number of nitrogens with zero attached hydrogens (tertiary/aromatic N) is 2. The second kappa shape index (κ2) is 12.6. The summed E-state index contributed by atoms with van der Waals surface area (Å²) in [4.78, 5) is 76.9. The van der Waals surface area contributed by atoms with Gasteiger partial charge in [-0.05, 0) is 48.2 Å². The SMILES string of the molecule is O=C(CCCN1C(=O)c2ccccc2C1=O)NCc1cccc(CNC(=O)CCCN2C(=O)c3ccccc3C2=O)c1. The Morgan fingerprint density at radius 1 is 0.524 bits per heavy atom. The van der Waals surface area contributed by atoms with Gasteiger partial charge >= 0.3 is 0 Å². The first-order chi connectivity index (χ1) is 20.3. The summed E-state index contributed by atoms with van der Waals surface area (Å²) < 4.78 is 0. The third kappa shape index (κ3) is 6.12. The summed E-state index contributed by atoms with van der Waals surface area (Å²) in [6, 6.07) is 20.8. The topological polar surface area (TPSA) is 133 Å². The number of carbonyl (C=O) groups is 6. The van der Waals surface area contributed by atoms with Crippen LogP contribution in [0.1, 0.15) is 78.2 Å². The van der Waals surface area contributed by atoms with Gasteiger partial charge in [-0.3, -0.25) is 38.6 Å². The summed E-state index contributed by atoms with van der Waals surface area (Å²) in [6.07, 6.45) is 1.06. The number of imide groups is 2. The van der Waals surface area contributed by atoms with Gasteiger partial charge in [0.15, 0.2) is 0 Å². The van der Waals surface area contributed by atoms with Crippen LogP contribution in [0, 0.1) is 0 Å². The fourth-order valence-electron chi connectivity index (χ4n) is 5.11.